The molecule has 1 fully saturated rings. The molecule has 1 aliphatic rings. The highest BCUT2D eigenvalue weighted by Gasteiger charge is 2.26. The fourth-order valence-electron chi connectivity index (χ4n) is 3.71. The molecule has 0 bridgehead atoms. The Hall–Kier alpha value is -2.92. The summed E-state index contributed by atoms with van der Waals surface area (Å²) >= 11 is 0. The van der Waals surface area contributed by atoms with Crippen LogP contribution >= 0.6 is 0 Å². The van der Waals surface area contributed by atoms with Crippen molar-refractivity contribution < 1.29 is 14.6 Å². The molecule has 1 saturated carbocycles. The largest absolute Gasteiger partial charge is 0.493 e. The lowest BCUT2D eigenvalue weighted by Gasteiger charge is -2.13. The predicted octanol–water partition coefficient (Wildman–Crippen LogP) is 4.09. The van der Waals surface area contributed by atoms with Crippen molar-refractivity contribution in [2.75, 3.05) is 6.61 Å². The van der Waals surface area contributed by atoms with Crippen molar-refractivity contribution in [2.24, 2.45) is 5.73 Å². The molecule has 0 unspecified atom stereocenters. The topological polar surface area (TPSA) is 85.4 Å². The second-order valence-corrected chi connectivity index (χ2v) is 7.69. The summed E-state index contributed by atoms with van der Waals surface area (Å²) in [6, 6.07) is 14.0. The van der Waals surface area contributed by atoms with Crippen molar-refractivity contribution in [1.82, 2.24) is 4.98 Å². The Labute approximate surface area is 170 Å². The molecule has 0 radical (unpaired) electrons. The molecule has 0 aliphatic heterocycles. The summed E-state index contributed by atoms with van der Waals surface area (Å²) < 4.78 is 5.74. The standard InChI is InChI=1S/C24H26N2O3/c1-2-9-29-23-8-6-17(12-18(23)14-27)21-13-20(16-4-5-16)19-7-3-15(11-24(25)28)10-22(19)26-21/h3,6-8,10,12-13,16,27H,2,4-5,9,11,14H2,1H3,(H2,25,28). The summed E-state index contributed by atoms with van der Waals surface area (Å²) in [6.45, 7) is 2.59. The lowest BCUT2D eigenvalue weighted by Crippen LogP contribution is -2.13. The summed E-state index contributed by atoms with van der Waals surface area (Å²) in [5.41, 5.74) is 11.0. The molecule has 5 nitrogen and oxygen atoms in total. The monoisotopic (exact) mass is 390 g/mol. The van der Waals surface area contributed by atoms with E-state index in [2.05, 4.69) is 19.1 Å². The number of carbonyl (C=O) groups is 1. The number of hydrogen-bond acceptors (Lipinski definition) is 4. The van der Waals surface area contributed by atoms with Crippen LogP contribution in [0.15, 0.2) is 42.5 Å². The zero-order chi connectivity index (χ0) is 20.4. The van der Waals surface area contributed by atoms with E-state index in [0.29, 0.717) is 18.3 Å². The van der Waals surface area contributed by atoms with Gasteiger partial charge in [0.25, 0.3) is 0 Å². The van der Waals surface area contributed by atoms with Crippen LogP contribution in [0.5, 0.6) is 5.75 Å². The molecule has 2 aromatic carbocycles. The summed E-state index contributed by atoms with van der Waals surface area (Å²) in [5.74, 6) is 0.925. The van der Waals surface area contributed by atoms with Crippen molar-refractivity contribution in [1.29, 1.82) is 0 Å². The average molecular weight is 390 g/mol. The second-order valence-electron chi connectivity index (χ2n) is 7.69. The summed E-state index contributed by atoms with van der Waals surface area (Å²) in [4.78, 5) is 16.2. The first kappa shape index (κ1) is 19.4. The van der Waals surface area contributed by atoms with E-state index >= 15 is 0 Å². The smallest absolute Gasteiger partial charge is 0.221 e. The van der Waals surface area contributed by atoms with Gasteiger partial charge in [-0.3, -0.25) is 4.79 Å². The molecule has 0 atom stereocenters. The number of primary amides is 1. The van der Waals surface area contributed by atoms with Gasteiger partial charge >= 0.3 is 0 Å². The molecule has 3 N–H and O–H groups in total. The van der Waals surface area contributed by atoms with Gasteiger partial charge in [-0.1, -0.05) is 19.1 Å². The third-order valence-electron chi connectivity index (χ3n) is 5.29. The molecule has 4 rings (SSSR count). The number of benzene rings is 2. The van der Waals surface area contributed by atoms with Gasteiger partial charge in [0.2, 0.25) is 5.91 Å². The van der Waals surface area contributed by atoms with Gasteiger partial charge in [-0.2, -0.15) is 0 Å². The van der Waals surface area contributed by atoms with E-state index in [-0.39, 0.29) is 18.9 Å². The third-order valence-corrected chi connectivity index (χ3v) is 5.29. The van der Waals surface area contributed by atoms with Crippen LogP contribution in [0, 0.1) is 0 Å². The fraction of sp³-hybridized carbons (Fsp3) is 0.333. The van der Waals surface area contributed by atoms with Crippen molar-refractivity contribution in [3.05, 3.63) is 59.2 Å². The first-order valence-corrected chi connectivity index (χ1v) is 10.2. The highest BCUT2D eigenvalue weighted by Crippen LogP contribution is 2.44. The molecule has 0 saturated heterocycles. The van der Waals surface area contributed by atoms with Gasteiger partial charge in [-0.05, 0) is 66.6 Å². The van der Waals surface area contributed by atoms with Crippen LogP contribution in [0.4, 0.5) is 0 Å². The van der Waals surface area contributed by atoms with Crippen LogP contribution < -0.4 is 10.5 Å². The van der Waals surface area contributed by atoms with E-state index in [1.165, 1.54) is 18.4 Å². The summed E-state index contributed by atoms with van der Waals surface area (Å²) in [7, 11) is 0. The number of ether oxygens (including phenoxy) is 1. The van der Waals surface area contributed by atoms with Gasteiger partial charge in [0.05, 0.1) is 30.8 Å². The Balaban J connectivity index is 1.79. The number of hydrogen-bond donors (Lipinski definition) is 2. The van der Waals surface area contributed by atoms with Crippen molar-refractivity contribution in [3.8, 4) is 17.0 Å². The average Bonchev–Trinajstić information content (AvgIpc) is 3.56. The lowest BCUT2D eigenvalue weighted by molar-refractivity contribution is -0.117. The third kappa shape index (κ3) is 4.25. The molecule has 3 aromatic rings. The Morgan fingerprint density at radius 2 is 2.03 bits per heavy atom. The number of rotatable bonds is 8. The highest BCUT2D eigenvalue weighted by atomic mass is 16.5. The molecule has 1 heterocycles. The number of aromatic nitrogens is 1. The molecule has 0 spiro atoms. The van der Waals surface area contributed by atoms with Gasteiger partial charge in [0.1, 0.15) is 5.75 Å². The number of amides is 1. The normalized spacial score (nSPS) is 13.6. The molecule has 1 aromatic heterocycles. The van der Waals surface area contributed by atoms with Crippen LogP contribution in [-0.2, 0) is 17.8 Å². The van der Waals surface area contributed by atoms with Crippen molar-refractivity contribution in [2.45, 2.75) is 45.1 Å². The van der Waals surface area contributed by atoms with E-state index in [4.69, 9.17) is 15.5 Å². The Morgan fingerprint density at radius 3 is 2.72 bits per heavy atom. The minimum atomic E-state index is -0.349. The van der Waals surface area contributed by atoms with E-state index in [1.54, 1.807) is 0 Å². The van der Waals surface area contributed by atoms with Crippen LogP contribution in [0.1, 0.15) is 48.8 Å². The maximum absolute atomic E-state index is 11.3. The highest BCUT2D eigenvalue weighted by molar-refractivity contribution is 5.88. The maximum atomic E-state index is 11.3. The fourth-order valence-corrected chi connectivity index (χ4v) is 3.71. The summed E-state index contributed by atoms with van der Waals surface area (Å²) in [5, 5.41) is 10.9. The minimum Gasteiger partial charge on any atom is -0.493 e. The quantitative estimate of drug-likeness (QED) is 0.607. The number of nitrogens with two attached hydrogens (primary N) is 1. The molecule has 5 heteroatoms. The lowest BCUT2D eigenvalue weighted by atomic mass is 9.98. The zero-order valence-electron chi connectivity index (χ0n) is 16.6. The van der Waals surface area contributed by atoms with Crippen LogP contribution in [-0.4, -0.2) is 22.6 Å². The predicted molar refractivity (Wildman–Crippen MR) is 114 cm³/mol. The van der Waals surface area contributed by atoms with Crippen LogP contribution in [0.3, 0.4) is 0 Å². The maximum Gasteiger partial charge on any atom is 0.221 e. The van der Waals surface area contributed by atoms with Gasteiger partial charge in [-0.15, -0.1) is 0 Å². The number of aliphatic hydroxyl groups excluding tert-OH is 1. The molecule has 150 valence electrons. The minimum absolute atomic E-state index is 0.0846. The van der Waals surface area contributed by atoms with Gasteiger partial charge < -0.3 is 15.6 Å². The second kappa shape index (κ2) is 8.21. The number of carbonyl (C=O) groups excluding carboxylic acids is 1. The zero-order valence-corrected chi connectivity index (χ0v) is 16.6. The van der Waals surface area contributed by atoms with Crippen LogP contribution in [0.2, 0.25) is 0 Å². The van der Waals surface area contributed by atoms with E-state index in [9.17, 15) is 9.90 Å². The van der Waals surface area contributed by atoms with Crippen LogP contribution in [0.25, 0.3) is 22.2 Å². The molecule has 1 aliphatic carbocycles. The Morgan fingerprint density at radius 1 is 1.21 bits per heavy atom. The number of pyridine rings is 1. The summed E-state index contributed by atoms with van der Waals surface area (Å²) in [6.07, 6.45) is 3.50. The van der Waals surface area contributed by atoms with E-state index in [0.717, 1.165) is 39.7 Å². The van der Waals surface area contributed by atoms with Gasteiger partial charge in [-0.25, -0.2) is 4.98 Å². The molecular formula is C24H26N2O3. The van der Waals surface area contributed by atoms with Crippen molar-refractivity contribution >= 4 is 16.8 Å². The first-order chi connectivity index (χ1) is 14.1. The SMILES string of the molecule is CCCOc1ccc(-c2cc(C3CC3)c3ccc(CC(N)=O)cc3n2)cc1CO. The van der Waals surface area contributed by atoms with Crippen molar-refractivity contribution in [3.63, 3.8) is 0 Å². The molecular weight excluding hydrogens is 364 g/mol. The number of aliphatic hydroxyl groups is 1. The number of nitrogens with zero attached hydrogens (tertiary/aromatic N) is 1. The van der Waals surface area contributed by atoms with Gasteiger partial charge in [0, 0.05) is 16.5 Å². The van der Waals surface area contributed by atoms with Gasteiger partial charge in [0.15, 0.2) is 0 Å². The molecule has 29 heavy (non-hydrogen) atoms. The number of fused-ring (bicyclic) bond motifs is 1. The molecule has 1 amide bonds. The Bertz CT molecular complexity index is 1060. The van der Waals surface area contributed by atoms with E-state index < -0.39 is 0 Å². The Kier molecular flexibility index (Phi) is 5.49. The van der Waals surface area contributed by atoms with E-state index in [1.807, 2.05) is 30.3 Å². The first-order valence-electron chi connectivity index (χ1n) is 10.2.